The van der Waals surface area contributed by atoms with Crippen LogP contribution in [0.15, 0.2) is 36.4 Å². The van der Waals surface area contributed by atoms with E-state index in [0.29, 0.717) is 11.1 Å². The van der Waals surface area contributed by atoms with Crippen molar-refractivity contribution in [2.75, 3.05) is 7.11 Å². The second-order valence-electron chi connectivity index (χ2n) is 5.19. The van der Waals surface area contributed by atoms with Crippen molar-refractivity contribution in [3.05, 3.63) is 59.2 Å². The van der Waals surface area contributed by atoms with Gasteiger partial charge in [0, 0.05) is 5.56 Å². The predicted molar refractivity (Wildman–Crippen MR) is 81.6 cm³/mol. The van der Waals surface area contributed by atoms with E-state index >= 15 is 0 Å². The Morgan fingerprint density at radius 1 is 1.22 bits per heavy atom. The van der Waals surface area contributed by atoms with Crippen LogP contribution in [-0.4, -0.2) is 13.1 Å². The third kappa shape index (κ3) is 3.54. The van der Waals surface area contributed by atoms with E-state index in [9.17, 15) is 13.6 Å². The molecule has 0 N–H and O–H groups in total. The third-order valence-corrected chi connectivity index (χ3v) is 3.66. The number of methoxy groups -OCH3 is 1. The number of carbonyl (C=O) groups excluding carboxylic acids is 1. The monoisotopic (exact) mass is 315 g/mol. The van der Waals surface area contributed by atoms with Gasteiger partial charge in [-0.2, -0.15) is 5.26 Å². The van der Waals surface area contributed by atoms with Crippen LogP contribution in [0.5, 0.6) is 0 Å². The normalized spacial score (nSPS) is 11.6. The molecule has 1 atom stereocenters. The number of benzene rings is 2. The highest BCUT2D eigenvalue weighted by Crippen LogP contribution is 2.35. The molecule has 0 saturated carbocycles. The Labute approximate surface area is 133 Å². The maximum absolute atomic E-state index is 14.7. The van der Waals surface area contributed by atoms with Crippen LogP contribution in [0.4, 0.5) is 8.78 Å². The molecule has 5 heteroatoms. The lowest BCUT2D eigenvalue weighted by Crippen LogP contribution is -2.08. The number of hydrogen-bond acceptors (Lipinski definition) is 3. The maximum Gasteiger partial charge on any atom is 0.306 e. The average molecular weight is 315 g/mol. The summed E-state index contributed by atoms with van der Waals surface area (Å²) in [6.45, 7) is 1.77. The standard InChI is InChI=1S/C18H15F2NO2/c1-11(9-16(22)23-2)15-8-5-13(10-21)18(20)17(15)12-3-6-14(19)7-4-12/h3-8,11H,9H2,1-2H3. The number of carbonyl (C=O) groups is 1. The summed E-state index contributed by atoms with van der Waals surface area (Å²) in [6.07, 6.45) is 0.0794. The Bertz CT molecular complexity index is 764. The average Bonchev–Trinajstić information content (AvgIpc) is 2.55. The van der Waals surface area contributed by atoms with Crippen LogP contribution < -0.4 is 0 Å². The van der Waals surface area contributed by atoms with Gasteiger partial charge in [0.15, 0.2) is 0 Å². The number of hydrogen-bond donors (Lipinski definition) is 0. The molecule has 1 unspecified atom stereocenters. The fourth-order valence-electron chi connectivity index (χ4n) is 2.44. The second kappa shape index (κ2) is 7.01. The molecule has 2 rings (SSSR count). The number of nitrogens with zero attached hydrogens (tertiary/aromatic N) is 1. The van der Waals surface area contributed by atoms with Crippen molar-refractivity contribution in [3.63, 3.8) is 0 Å². The van der Waals surface area contributed by atoms with E-state index in [1.807, 2.05) is 0 Å². The zero-order chi connectivity index (χ0) is 17.0. The van der Waals surface area contributed by atoms with E-state index in [-0.39, 0.29) is 23.5 Å². The molecule has 0 fully saturated rings. The smallest absolute Gasteiger partial charge is 0.306 e. The second-order valence-corrected chi connectivity index (χ2v) is 5.19. The minimum atomic E-state index is -0.673. The molecule has 23 heavy (non-hydrogen) atoms. The first-order valence-electron chi connectivity index (χ1n) is 7.03. The quantitative estimate of drug-likeness (QED) is 0.796. The molecule has 0 radical (unpaired) electrons. The highest BCUT2D eigenvalue weighted by molar-refractivity contribution is 5.74. The number of rotatable bonds is 4. The van der Waals surface area contributed by atoms with Crippen molar-refractivity contribution < 1.29 is 18.3 Å². The summed E-state index contributed by atoms with van der Waals surface area (Å²) in [6, 6.07) is 10.1. The third-order valence-electron chi connectivity index (χ3n) is 3.66. The predicted octanol–water partition coefficient (Wildman–Crippen LogP) is 4.17. The highest BCUT2D eigenvalue weighted by Gasteiger charge is 2.21. The van der Waals surface area contributed by atoms with Crippen molar-refractivity contribution in [2.24, 2.45) is 0 Å². The van der Waals surface area contributed by atoms with Crippen LogP contribution in [0.1, 0.15) is 30.4 Å². The van der Waals surface area contributed by atoms with E-state index in [4.69, 9.17) is 5.26 Å². The number of ether oxygens (including phenoxy) is 1. The Morgan fingerprint density at radius 2 is 1.87 bits per heavy atom. The summed E-state index contributed by atoms with van der Waals surface area (Å²) < 4.78 is 32.4. The van der Waals surface area contributed by atoms with Gasteiger partial charge >= 0.3 is 5.97 Å². The Hall–Kier alpha value is -2.74. The molecule has 0 spiro atoms. The maximum atomic E-state index is 14.7. The lowest BCUT2D eigenvalue weighted by molar-refractivity contribution is -0.140. The molecule has 0 heterocycles. The van der Waals surface area contributed by atoms with E-state index in [1.165, 1.54) is 37.4 Å². The summed E-state index contributed by atoms with van der Waals surface area (Å²) >= 11 is 0. The number of halogens is 2. The van der Waals surface area contributed by atoms with E-state index in [0.717, 1.165) is 0 Å². The van der Waals surface area contributed by atoms with Crippen LogP contribution in [0.25, 0.3) is 11.1 Å². The Balaban J connectivity index is 2.59. The first-order valence-corrected chi connectivity index (χ1v) is 7.03. The zero-order valence-corrected chi connectivity index (χ0v) is 12.8. The lowest BCUT2D eigenvalue weighted by atomic mass is 9.88. The SMILES string of the molecule is COC(=O)CC(C)c1ccc(C#N)c(F)c1-c1ccc(F)cc1. The van der Waals surface area contributed by atoms with Crippen molar-refractivity contribution in [1.29, 1.82) is 5.26 Å². The molecular weight excluding hydrogens is 300 g/mol. The minimum Gasteiger partial charge on any atom is -0.469 e. The van der Waals surface area contributed by atoms with Gasteiger partial charge in [0.05, 0.1) is 19.1 Å². The van der Waals surface area contributed by atoms with Gasteiger partial charge in [0.25, 0.3) is 0 Å². The van der Waals surface area contributed by atoms with E-state index in [2.05, 4.69) is 4.74 Å². The molecule has 0 amide bonds. The summed E-state index contributed by atoms with van der Waals surface area (Å²) in [7, 11) is 1.29. The van der Waals surface area contributed by atoms with Crippen molar-refractivity contribution in [1.82, 2.24) is 0 Å². The van der Waals surface area contributed by atoms with Gasteiger partial charge in [0.2, 0.25) is 0 Å². The molecule has 2 aromatic carbocycles. The first-order chi connectivity index (χ1) is 11.0. The molecule has 0 aliphatic carbocycles. The van der Waals surface area contributed by atoms with Crippen LogP contribution in [0.3, 0.4) is 0 Å². The molecule has 0 aliphatic heterocycles. The summed E-state index contributed by atoms with van der Waals surface area (Å²) in [5, 5.41) is 9.02. The number of nitriles is 1. The Kier molecular flexibility index (Phi) is 5.07. The fraction of sp³-hybridized carbons (Fsp3) is 0.222. The van der Waals surface area contributed by atoms with Gasteiger partial charge in [-0.05, 0) is 35.2 Å². The van der Waals surface area contributed by atoms with Gasteiger partial charge in [-0.1, -0.05) is 25.1 Å². The van der Waals surface area contributed by atoms with Crippen LogP contribution in [0.2, 0.25) is 0 Å². The highest BCUT2D eigenvalue weighted by atomic mass is 19.1. The minimum absolute atomic E-state index is 0.0794. The number of esters is 1. The first kappa shape index (κ1) is 16.6. The molecule has 3 nitrogen and oxygen atoms in total. The van der Waals surface area contributed by atoms with Crippen LogP contribution >= 0.6 is 0 Å². The molecular formula is C18H15F2NO2. The fourth-order valence-corrected chi connectivity index (χ4v) is 2.44. The molecule has 118 valence electrons. The summed E-state index contributed by atoms with van der Waals surface area (Å²) in [5.41, 5.74) is 1.13. The lowest BCUT2D eigenvalue weighted by Gasteiger charge is -2.17. The van der Waals surface area contributed by atoms with Crippen molar-refractivity contribution in [2.45, 2.75) is 19.3 Å². The van der Waals surface area contributed by atoms with Gasteiger partial charge in [-0.25, -0.2) is 8.78 Å². The van der Waals surface area contributed by atoms with E-state index < -0.39 is 17.6 Å². The van der Waals surface area contributed by atoms with Gasteiger partial charge in [0.1, 0.15) is 17.7 Å². The molecule has 0 bridgehead atoms. The van der Waals surface area contributed by atoms with Crippen molar-refractivity contribution in [3.8, 4) is 17.2 Å². The molecule has 2 aromatic rings. The molecule has 0 aromatic heterocycles. The van der Waals surface area contributed by atoms with Gasteiger partial charge in [-0.15, -0.1) is 0 Å². The van der Waals surface area contributed by atoms with Crippen LogP contribution in [-0.2, 0) is 9.53 Å². The largest absolute Gasteiger partial charge is 0.469 e. The summed E-state index contributed by atoms with van der Waals surface area (Å²) in [5.74, 6) is -1.83. The van der Waals surface area contributed by atoms with Crippen molar-refractivity contribution >= 4 is 5.97 Å². The van der Waals surface area contributed by atoms with Gasteiger partial charge < -0.3 is 4.74 Å². The molecule has 0 aliphatic rings. The Morgan fingerprint density at radius 3 is 2.43 bits per heavy atom. The van der Waals surface area contributed by atoms with E-state index in [1.54, 1.807) is 19.1 Å². The van der Waals surface area contributed by atoms with Crippen LogP contribution in [0, 0.1) is 23.0 Å². The topological polar surface area (TPSA) is 50.1 Å². The zero-order valence-electron chi connectivity index (χ0n) is 12.8. The molecule has 0 saturated heterocycles. The summed E-state index contributed by atoms with van der Waals surface area (Å²) in [4.78, 5) is 11.5. The van der Waals surface area contributed by atoms with Gasteiger partial charge in [-0.3, -0.25) is 4.79 Å².